The number of piperidine rings is 1. The lowest BCUT2D eigenvalue weighted by atomic mass is 10.0. The normalized spacial score (nSPS) is 21.4. The van der Waals surface area contributed by atoms with Gasteiger partial charge in [-0.1, -0.05) is 12.1 Å². The Labute approximate surface area is 130 Å². The van der Waals surface area contributed by atoms with Crippen molar-refractivity contribution in [3.05, 3.63) is 30.5 Å². The highest BCUT2D eigenvalue weighted by Crippen LogP contribution is 2.22. The Kier molecular flexibility index (Phi) is 3.91. The van der Waals surface area contributed by atoms with E-state index in [2.05, 4.69) is 14.8 Å². The summed E-state index contributed by atoms with van der Waals surface area (Å²) >= 11 is 0. The highest BCUT2D eigenvalue weighted by molar-refractivity contribution is 5.75. The fourth-order valence-corrected chi connectivity index (χ4v) is 3.50. The van der Waals surface area contributed by atoms with Gasteiger partial charge in [0, 0.05) is 32.2 Å². The number of anilines is 1. The minimum Gasteiger partial charge on any atom is -0.379 e. The van der Waals surface area contributed by atoms with Crippen LogP contribution in [0.3, 0.4) is 0 Å². The number of rotatable bonds is 2. The Hall–Kier alpha value is -1.72. The van der Waals surface area contributed by atoms with Crippen molar-refractivity contribution < 1.29 is 4.74 Å². The average molecular weight is 298 g/mol. The molecule has 5 nitrogen and oxygen atoms in total. The molecule has 0 unspecified atom stereocenters. The molecule has 0 aliphatic carbocycles. The second-order valence-electron chi connectivity index (χ2n) is 6.08. The summed E-state index contributed by atoms with van der Waals surface area (Å²) in [5.41, 5.74) is 1.95. The number of hydrogen-bond donors (Lipinski definition) is 0. The molecule has 4 rings (SSSR count). The van der Waals surface area contributed by atoms with Gasteiger partial charge in [0.15, 0.2) is 0 Å². The summed E-state index contributed by atoms with van der Waals surface area (Å²) in [6.07, 6.45) is 4.32. The maximum absolute atomic E-state index is 5.45. The topological polar surface area (TPSA) is 41.5 Å². The Morgan fingerprint density at radius 2 is 1.68 bits per heavy atom. The molecule has 2 saturated heterocycles. The first-order valence-corrected chi connectivity index (χ1v) is 8.19. The van der Waals surface area contributed by atoms with E-state index in [0.717, 1.165) is 56.2 Å². The number of para-hydroxylation sites is 2. The van der Waals surface area contributed by atoms with Gasteiger partial charge >= 0.3 is 0 Å². The highest BCUT2D eigenvalue weighted by atomic mass is 16.5. The maximum atomic E-state index is 5.45. The molecule has 2 fully saturated rings. The molecule has 1 aromatic carbocycles. The van der Waals surface area contributed by atoms with Gasteiger partial charge in [-0.25, -0.2) is 4.98 Å². The molecular weight excluding hydrogens is 276 g/mol. The fourth-order valence-electron chi connectivity index (χ4n) is 3.50. The average Bonchev–Trinajstić information content (AvgIpc) is 2.62. The summed E-state index contributed by atoms with van der Waals surface area (Å²) < 4.78 is 5.45. The number of ether oxygens (including phenoxy) is 1. The number of hydrogen-bond acceptors (Lipinski definition) is 5. The van der Waals surface area contributed by atoms with E-state index in [1.54, 1.807) is 0 Å². The molecule has 5 heteroatoms. The van der Waals surface area contributed by atoms with Crippen LogP contribution in [0.15, 0.2) is 30.5 Å². The predicted octanol–water partition coefficient (Wildman–Crippen LogP) is 1.93. The van der Waals surface area contributed by atoms with Crippen LogP contribution < -0.4 is 4.90 Å². The van der Waals surface area contributed by atoms with Gasteiger partial charge in [-0.3, -0.25) is 9.88 Å². The smallest absolute Gasteiger partial charge is 0.147 e. The summed E-state index contributed by atoms with van der Waals surface area (Å²) in [5.74, 6) is 1.01. The second kappa shape index (κ2) is 6.18. The third-order valence-electron chi connectivity index (χ3n) is 4.79. The number of nitrogens with zero attached hydrogens (tertiary/aromatic N) is 4. The first-order chi connectivity index (χ1) is 10.9. The molecule has 0 radical (unpaired) electrons. The summed E-state index contributed by atoms with van der Waals surface area (Å²) in [6.45, 7) is 6.07. The van der Waals surface area contributed by atoms with Gasteiger partial charge in [-0.2, -0.15) is 0 Å². The van der Waals surface area contributed by atoms with Gasteiger partial charge in [0.2, 0.25) is 0 Å². The summed E-state index contributed by atoms with van der Waals surface area (Å²) in [7, 11) is 0. The summed E-state index contributed by atoms with van der Waals surface area (Å²) in [6, 6.07) is 8.77. The molecule has 2 aliphatic heterocycles. The van der Waals surface area contributed by atoms with Crippen LogP contribution in [0.4, 0.5) is 5.82 Å². The van der Waals surface area contributed by atoms with Gasteiger partial charge in [0.25, 0.3) is 0 Å². The minimum atomic E-state index is 0.702. The first-order valence-electron chi connectivity index (χ1n) is 8.19. The molecule has 0 atom stereocenters. The standard InChI is InChI=1S/C17H22N4O/c1-2-4-16-15(3-1)18-13-17(19-16)21-7-5-14(6-8-21)20-9-11-22-12-10-20/h1-4,13-14H,5-12H2. The van der Waals surface area contributed by atoms with E-state index in [1.807, 2.05) is 30.5 Å². The SMILES string of the molecule is c1ccc2nc(N3CCC(N4CCOCC4)CC3)cnc2c1. The molecule has 0 amide bonds. The van der Waals surface area contributed by atoms with Crippen molar-refractivity contribution in [2.45, 2.75) is 18.9 Å². The van der Waals surface area contributed by atoms with E-state index in [0.29, 0.717) is 6.04 Å². The van der Waals surface area contributed by atoms with E-state index in [1.165, 1.54) is 12.8 Å². The van der Waals surface area contributed by atoms with Gasteiger partial charge in [-0.15, -0.1) is 0 Å². The number of morpholine rings is 1. The molecule has 22 heavy (non-hydrogen) atoms. The fraction of sp³-hybridized carbons (Fsp3) is 0.529. The van der Waals surface area contributed by atoms with Crippen LogP contribution in [0, 0.1) is 0 Å². The third kappa shape index (κ3) is 2.78. The Bertz CT molecular complexity index is 633. The molecular formula is C17H22N4O. The van der Waals surface area contributed by atoms with Crippen molar-refractivity contribution >= 4 is 16.9 Å². The zero-order valence-corrected chi connectivity index (χ0v) is 12.8. The van der Waals surface area contributed by atoms with Crippen LogP contribution >= 0.6 is 0 Å². The molecule has 116 valence electrons. The van der Waals surface area contributed by atoms with Crippen molar-refractivity contribution in [1.82, 2.24) is 14.9 Å². The van der Waals surface area contributed by atoms with Gasteiger partial charge in [0.1, 0.15) is 5.82 Å². The van der Waals surface area contributed by atoms with E-state index in [-0.39, 0.29) is 0 Å². The van der Waals surface area contributed by atoms with Crippen LogP contribution in [0.25, 0.3) is 11.0 Å². The Balaban J connectivity index is 1.43. The lowest BCUT2D eigenvalue weighted by Gasteiger charge is -2.40. The quantitative estimate of drug-likeness (QED) is 0.847. The zero-order valence-electron chi connectivity index (χ0n) is 12.8. The van der Waals surface area contributed by atoms with Crippen LogP contribution in [0.5, 0.6) is 0 Å². The Morgan fingerprint density at radius 3 is 2.45 bits per heavy atom. The second-order valence-corrected chi connectivity index (χ2v) is 6.08. The van der Waals surface area contributed by atoms with Crippen molar-refractivity contribution in [3.63, 3.8) is 0 Å². The Morgan fingerprint density at radius 1 is 0.955 bits per heavy atom. The summed E-state index contributed by atoms with van der Waals surface area (Å²) in [5, 5.41) is 0. The van der Waals surface area contributed by atoms with Crippen molar-refractivity contribution in [2.24, 2.45) is 0 Å². The van der Waals surface area contributed by atoms with Crippen LogP contribution in [0.1, 0.15) is 12.8 Å². The van der Waals surface area contributed by atoms with Gasteiger partial charge < -0.3 is 9.64 Å². The zero-order chi connectivity index (χ0) is 14.8. The molecule has 3 heterocycles. The van der Waals surface area contributed by atoms with Crippen LogP contribution in [-0.4, -0.2) is 60.3 Å². The van der Waals surface area contributed by atoms with Crippen molar-refractivity contribution in [2.75, 3.05) is 44.3 Å². The number of benzene rings is 1. The van der Waals surface area contributed by atoms with E-state index < -0.39 is 0 Å². The molecule has 0 saturated carbocycles. The number of fused-ring (bicyclic) bond motifs is 1. The lowest BCUT2D eigenvalue weighted by Crippen LogP contribution is -2.49. The van der Waals surface area contributed by atoms with Crippen molar-refractivity contribution in [3.8, 4) is 0 Å². The highest BCUT2D eigenvalue weighted by Gasteiger charge is 2.26. The molecule has 0 spiro atoms. The molecule has 0 N–H and O–H groups in total. The largest absolute Gasteiger partial charge is 0.379 e. The van der Waals surface area contributed by atoms with Gasteiger partial charge in [0.05, 0.1) is 30.4 Å². The first kappa shape index (κ1) is 13.9. The van der Waals surface area contributed by atoms with Crippen molar-refractivity contribution in [1.29, 1.82) is 0 Å². The minimum absolute atomic E-state index is 0.702. The van der Waals surface area contributed by atoms with E-state index in [4.69, 9.17) is 9.72 Å². The molecule has 2 aliphatic rings. The molecule has 0 bridgehead atoms. The van der Waals surface area contributed by atoms with Crippen LogP contribution in [0.2, 0.25) is 0 Å². The number of aromatic nitrogens is 2. The van der Waals surface area contributed by atoms with Gasteiger partial charge in [-0.05, 0) is 25.0 Å². The lowest BCUT2D eigenvalue weighted by molar-refractivity contribution is 0.0115. The van der Waals surface area contributed by atoms with E-state index >= 15 is 0 Å². The summed E-state index contributed by atoms with van der Waals surface area (Å²) in [4.78, 5) is 14.3. The van der Waals surface area contributed by atoms with E-state index in [9.17, 15) is 0 Å². The monoisotopic (exact) mass is 298 g/mol. The molecule has 1 aromatic heterocycles. The molecule has 2 aromatic rings. The maximum Gasteiger partial charge on any atom is 0.147 e. The van der Waals surface area contributed by atoms with Crippen LogP contribution in [-0.2, 0) is 4.74 Å². The predicted molar refractivity (Wildman–Crippen MR) is 87.2 cm³/mol. The third-order valence-corrected chi connectivity index (χ3v) is 4.79.